The molecule has 3 heteroatoms. The van der Waals surface area contributed by atoms with Gasteiger partial charge in [-0.2, -0.15) is 0 Å². The number of aliphatic hydroxyl groups is 1. The van der Waals surface area contributed by atoms with Crippen molar-refractivity contribution in [3.05, 3.63) is 0 Å². The second kappa shape index (κ2) is 6.50. The van der Waals surface area contributed by atoms with Gasteiger partial charge in [-0.15, -0.1) is 6.42 Å². The molecule has 0 saturated heterocycles. The van der Waals surface area contributed by atoms with Crippen molar-refractivity contribution in [1.29, 1.82) is 0 Å². The Bertz CT molecular complexity index is 194. The summed E-state index contributed by atoms with van der Waals surface area (Å²) >= 11 is 0. The number of aliphatic hydroxyl groups excluding tert-OH is 1. The molecule has 0 saturated carbocycles. The molecular formula is C10H17NO2. The Labute approximate surface area is 79.7 Å². The molecule has 0 aliphatic rings. The zero-order chi connectivity index (χ0) is 10.3. The molecular weight excluding hydrogens is 166 g/mol. The van der Waals surface area contributed by atoms with Crippen molar-refractivity contribution in [1.82, 2.24) is 4.90 Å². The molecule has 0 radical (unpaired) electrons. The first-order chi connectivity index (χ1) is 6.11. The van der Waals surface area contributed by atoms with E-state index >= 15 is 0 Å². The van der Waals surface area contributed by atoms with Crippen molar-refractivity contribution in [2.24, 2.45) is 0 Å². The molecule has 0 bridgehead atoms. The molecule has 74 valence electrons. The topological polar surface area (TPSA) is 40.5 Å². The maximum atomic E-state index is 11.4. The van der Waals surface area contributed by atoms with Gasteiger partial charge in [0.25, 0.3) is 0 Å². The molecule has 0 heterocycles. The van der Waals surface area contributed by atoms with Gasteiger partial charge in [-0.05, 0) is 20.3 Å². The molecule has 0 rings (SSSR count). The van der Waals surface area contributed by atoms with Crippen LogP contribution in [0, 0.1) is 12.3 Å². The Morgan fingerprint density at radius 2 is 2.31 bits per heavy atom. The summed E-state index contributed by atoms with van der Waals surface area (Å²) in [4.78, 5) is 13.0. The summed E-state index contributed by atoms with van der Waals surface area (Å²) < 4.78 is 0. The Hall–Kier alpha value is -1.01. The van der Waals surface area contributed by atoms with E-state index in [1.165, 1.54) is 0 Å². The number of carbonyl (C=O) groups excluding carboxylic acids is 1. The number of rotatable bonds is 5. The molecule has 0 aromatic carbocycles. The number of nitrogens with zero attached hydrogens (tertiary/aromatic N) is 1. The van der Waals surface area contributed by atoms with Gasteiger partial charge in [0.2, 0.25) is 5.91 Å². The maximum absolute atomic E-state index is 11.4. The third kappa shape index (κ3) is 5.26. The minimum absolute atomic E-state index is 0.0151. The third-order valence-corrected chi connectivity index (χ3v) is 1.79. The predicted molar refractivity (Wildman–Crippen MR) is 52.0 cm³/mol. The molecule has 1 N–H and O–H groups in total. The molecule has 1 unspecified atom stereocenters. The summed E-state index contributed by atoms with van der Waals surface area (Å²) in [6.45, 7) is 4.54. The van der Waals surface area contributed by atoms with Crippen LogP contribution in [0.15, 0.2) is 0 Å². The van der Waals surface area contributed by atoms with Gasteiger partial charge < -0.3 is 10.0 Å². The van der Waals surface area contributed by atoms with Crippen molar-refractivity contribution in [3.8, 4) is 12.3 Å². The summed E-state index contributed by atoms with van der Waals surface area (Å²) in [6, 6.07) is 0. The maximum Gasteiger partial charge on any atom is 0.223 e. The van der Waals surface area contributed by atoms with E-state index in [1.807, 2.05) is 6.92 Å². The Kier molecular flexibility index (Phi) is 5.99. The van der Waals surface area contributed by atoms with Crippen LogP contribution in [0.5, 0.6) is 0 Å². The molecule has 0 aliphatic carbocycles. The molecule has 1 amide bonds. The number of amides is 1. The van der Waals surface area contributed by atoms with Gasteiger partial charge >= 0.3 is 0 Å². The first-order valence-corrected chi connectivity index (χ1v) is 4.51. The fourth-order valence-corrected chi connectivity index (χ4v) is 0.977. The van der Waals surface area contributed by atoms with E-state index in [4.69, 9.17) is 11.5 Å². The quantitative estimate of drug-likeness (QED) is 0.635. The van der Waals surface area contributed by atoms with Crippen LogP contribution in [0.1, 0.15) is 26.7 Å². The number of hydrogen-bond donors (Lipinski definition) is 1. The van der Waals surface area contributed by atoms with Crippen LogP contribution in [0.25, 0.3) is 0 Å². The second-order valence-electron chi connectivity index (χ2n) is 3.00. The fraction of sp³-hybridized carbons (Fsp3) is 0.700. The zero-order valence-electron chi connectivity index (χ0n) is 8.29. The van der Waals surface area contributed by atoms with Crippen molar-refractivity contribution < 1.29 is 9.90 Å². The lowest BCUT2D eigenvalue weighted by Gasteiger charge is -2.18. The first-order valence-electron chi connectivity index (χ1n) is 4.51. The summed E-state index contributed by atoms with van der Waals surface area (Å²) in [6.07, 6.45) is 5.55. The zero-order valence-corrected chi connectivity index (χ0v) is 8.29. The van der Waals surface area contributed by atoms with Crippen LogP contribution in [0.4, 0.5) is 0 Å². The summed E-state index contributed by atoms with van der Waals surface area (Å²) in [5.74, 6) is 2.44. The standard InChI is InChI=1S/C10H17NO2/c1-4-8-11(5-2)10(13)7-6-9(3)12/h1,9,12H,5-8H2,2-3H3. The van der Waals surface area contributed by atoms with Gasteiger partial charge in [0.05, 0.1) is 12.6 Å². The van der Waals surface area contributed by atoms with E-state index in [9.17, 15) is 4.79 Å². The van der Waals surface area contributed by atoms with E-state index in [0.717, 1.165) is 0 Å². The minimum Gasteiger partial charge on any atom is -0.393 e. The van der Waals surface area contributed by atoms with E-state index in [1.54, 1.807) is 11.8 Å². The van der Waals surface area contributed by atoms with Crippen LogP contribution in [0.3, 0.4) is 0 Å². The van der Waals surface area contributed by atoms with Gasteiger partial charge in [0.15, 0.2) is 0 Å². The smallest absolute Gasteiger partial charge is 0.223 e. The molecule has 13 heavy (non-hydrogen) atoms. The molecule has 1 atom stereocenters. The van der Waals surface area contributed by atoms with Crippen molar-refractivity contribution >= 4 is 5.91 Å². The van der Waals surface area contributed by atoms with Crippen LogP contribution < -0.4 is 0 Å². The average molecular weight is 183 g/mol. The van der Waals surface area contributed by atoms with Gasteiger partial charge in [-0.25, -0.2) is 0 Å². The highest BCUT2D eigenvalue weighted by Crippen LogP contribution is 2.00. The Morgan fingerprint density at radius 3 is 2.69 bits per heavy atom. The highest BCUT2D eigenvalue weighted by atomic mass is 16.3. The van der Waals surface area contributed by atoms with Crippen molar-refractivity contribution in [3.63, 3.8) is 0 Å². The number of carbonyl (C=O) groups is 1. The SMILES string of the molecule is C#CCN(CC)C(=O)CCC(C)O. The van der Waals surface area contributed by atoms with Gasteiger partial charge in [0, 0.05) is 13.0 Å². The molecule has 0 aliphatic heterocycles. The Morgan fingerprint density at radius 1 is 1.69 bits per heavy atom. The summed E-state index contributed by atoms with van der Waals surface area (Å²) in [5.41, 5.74) is 0. The molecule has 0 spiro atoms. The van der Waals surface area contributed by atoms with Crippen LogP contribution in [-0.2, 0) is 4.79 Å². The van der Waals surface area contributed by atoms with Crippen molar-refractivity contribution in [2.45, 2.75) is 32.8 Å². The van der Waals surface area contributed by atoms with Gasteiger partial charge in [-0.1, -0.05) is 5.92 Å². The highest BCUT2D eigenvalue weighted by Gasteiger charge is 2.10. The van der Waals surface area contributed by atoms with E-state index < -0.39 is 6.10 Å². The van der Waals surface area contributed by atoms with Crippen molar-refractivity contribution in [2.75, 3.05) is 13.1 Å². The van der Waals surface area contributed by atoms with Crippen LogP contribution in [0.2, 0.25) is 0 Å². The van der Waals surface area contributed by atoms with E-state index in [0.29, 0.717) is 25.9 Å². The molecule has 3 nitrogen and oxygen atoms in total. The second-order valence-corrected chi connectivity index (χ2v) is 3.00. The average Bonchev–Trinajstić information content (AvgIpc) is 2.10. The van der Waals surface area contributed by atoms with Gasteiger partial charge in [0.1, 0.15) is 0 Å². The van der Waals surface area contributed by atoms with Crippen LogP contribution >= 0.6 is 0 Å². The van der Waals surface area contributed by atoms with E-state index in [-0.39, 0.29) is 5.91 Å². The largest absolute Gasteiger partial charge is 0.393 e. The lowest BCUT2D eigenvalue weighted by molar-refractivity contribution is -0.130. The lowest BCUT2D eigenvalue weighted by atomic mass is 10.2. The highest BCUT2D eigenvalue weighted by molar-refractivity contribution is 5.76. The summed E-state index contributed by atoms with van der Waals surface area (Å²) in [5, 5.41) is 8.97. The number of terminal acetylenes is 1. The number of hydrogen-bond acceptors (Lipinski definition) is 2. The van der Waals surface area contributed by atoms with E-state index in [2.05, 4.69) is 5.92 Å². The lowest BCUT2D eigenvalue weighted by Crippen LogP contribution is -2.31. The van der Waals surface area contributed by atoms with Gasteiger partial charge in [-0.3, -0.25) is 4.79 Å². The molecule has 0 aromatic heterocycles. The monoisotopic (exact) mass is 183 g/mol. The summed E-state index contributed by atoms with van der Waals surface area (Å²) in [7, 11) is 0. The minimum atomic E-state index is -0.423. The first kappa shape index (κ1) is 12.0. The molecule has 0 fully saturated rings. The predicted octanol–water partition coefficient (Wildman–Crippen LogP) is 0.629. The fourth-order valence-electron chi connectivity index (χ4n) is 0.977. The van der Waals surface area contributed by atoms with Crippen LogP contribution in [-0.4, -0.2) is 35.1 Å². The normalized spacial score (nSPS) is 11.8. The molecule has 0 aromatic rings. The third-order valence-electron chi connectivity index (χ3n) is 1.79. The Balaban J connectivity index is 3.86.